The van der Waals surface area contributed by atoms with E-state index in [1.54, 1.807) is 0 Å². The molecule has 12 heavy (non-hydrogen) atoms. The Kier molecular flexibility index (Phi) is 3.57. The summed E-state index contributed by atoms with van der Waals surface area (Å²) in [6.07, 6.45) is 6.51. The minimum Gasteiger partial charge on any atom is -0.387 e. The van der Waals surface area contributed by atoms with Crippen LogP contribution < -0.4 is 5.73 Å². The Morgan fingerprint density at radius 1 is 1.42 bits per heavy atom. The average molecular weight is 168 g/mol. The van der Waals surface area contributed by atoms with Crippen LogP contribution in [0.2, 0.25) is 0 Å². The lowest BCUT2D eigenvalue weighted by Crippen LogP contribution is -2.17. The third-order valence-corrected chi connectivity index (χ3v) is 2.40. The summed E-state index contributed by atoms with van der Waals surface area (Å²) in [4.78, 5) is 4.34. The molecule has 70 valence electrons. The second kappa shape index (κ2) is 4.48. The largest absolute Gasteiger partial charge is 0.387 e. The second-order valence-corrected chi connectivity index (χ2v) is 4.07. The van der Waals surface area contributed by atoms with Gasteiger partial charge in [-0.15, -0.1) is 0 Å². The Labute approximate surface area is 75.3 Å². The first-order chi connectivity index (χ1) is 5.68. The lowest BCUT2D eigenvalue weighted by molar-refractivity contribution is 0.569. The minimum absolute atomic E-state index is 0.353. The van der Waals surface area contributed by atoms with Crippen LogP contribution >= 0.6 is 0 Å². The number of amidine groups is 1. The Hall–Kier alpha value is -0.530. The molecule has 1 saturated carbocycles. The molecule has 0 aromatic rings. The summed E-state index contributed by atoms with van der Waals surface area (Å²) < 4.78 is 0. The molecule has 2 heteroatoms. The quantitative estimate of drug-likeness (QED) is 0.510. The monoisotopic (exact) mass is 168 g/mol. The number of rotatable bonds is 3. The first kappa shape index (κ1) is 9.56. The summed E-state index contributed by atoms with van der Waals surface area (Å²) in [5.74, 6) is 1.68. The van der Waals surface area contributed by atoms with Crippen LogP contribution in [0.3, 0.4) is 0 Å². The second-order valence-electron chi connectivity index (χ2n) is 4.07. The van der Waals surface area contributed by atoms with Crippen molar-refractivity contribution in [2.45, 2.75) is 52.0 Å². The molecule has 0 aromatic heterocycles. The van der Waals surface area contributed by atoms with Crippen molar-refractivity contribution < 1.29 is 0 Å². The number of nitrogens with zero attached hydrogens (tertiary/aromatic N) is 1. The van der Waals surface area contributed by atoms with Crippen molar-refractivity contribution in [3.8, 4) is 0 Å². The zero-order valence-corrected chi connectivity index (χ0v) is 8.21. The smallest absolute Gasteiger partial charge is 0.0943 e. The molecule has 0 amide bonds. The van der Waals surface area contributed by atoms with Crippen LogP contribution in [0, 0.1) is 5.92 Å². The standard InChI is InChI=1S/C10H20N2/c1-8(2)12-10(11)7-9-5-3-4-6-9/h8-9H,3-7H2,1-2H3,(H2,11,12). The normalized spacial score (nSPS) is 20.8. The number of aliphatic imine (C=N–C) groups is 1. The van der Waals surface area contributed by atoms with Crippen molar-refractivity contribution in [3.63, 3.8) is 0 Å². The number of hydrogen-bond acceptors (Lipinski definition) is 1. The van der Waals surface area contributed by atoms with Gasteiger partial charge < -0.3 is 5.73 Å². The van der Waals surface area contributed by atoms with E-state index in [9.17, 15) is 0 Å². The molecule has 0 unspecified atom stereocenters. The zero-order valence-electron chi connectivity index (χ0n) is 8.21. The van der Waals surface area contributed by atoms with Gasteiger partial charge in [0.2, 0.25) is 0 Å². The first-order valence-electron chi connectivity index (χ1n) is 5.00. The summed E-state index contributed by atoms with van der Waals surface area (Å²) in [5.41, 5.74) is 5.80. The van der Waals surface area contributed by atoms with Crippen molar-refractivity contribution in [1.29, 1.82) is 0 Å². The molecule has 1 aliphatic carbocycles. The molecule has 2 N–H and O–H groups in total. The Balaban J connectivity index is 2.29. The summed E-state index contributed by atoms with van der Waals surface area (Å²) in [6.45, 7) is 4.14. The molecule has 0 spiro atoms. The van der Waals surface area contributed by atoms with Crippen LogP contribution in [0.25, 0.3) is 0 Å². The van der Waals surface area contributed by atoms with E-state index in [-0.39, 0.29) is 0 Å². The van der Waals surface area contributed by atoms with E-state index in [2.05, 4.69) is 18.8 Å². The van der Waals surface area contributed by atoms with E-state index in [1.165, 1.54) is 25.7 Å². The Morgan fingerprint density at radius 3 is 2.50 bits per heavy atom. The zero-order chi connectivity index (χ0) is 8.97. The molecule has 1 rings (SSSR count). The van der Waals surface area contributed by atoms with Crippen LogP contribution in [0.4, 0.5) is 0 Å². The van der Waals surface area contributed by atoms with Crippen molar-refractivity contribution in [2.24, 2.45) is 16.6 Å². The molecule has 1 fully saturated rings. The topological polar surface area (TPSA) is 38.4 Å². The maximum Gasteiger partial charge on any atom is 0.0943 e. The van der Waals surface area contributed by atoms with Gasteiger partial charge in [0.25, 0.3) is 0 Å². The first-order valence-corrected chi connectivity index (χ1v) is 5.00. The van der Waals surface area contributed by atoms with Gasteiger partial charge in [-0.05, 0) is 19.8 Å². The molecule has 0 atom stereocenters. The summed E-state index contributed by atoms with van der Waals surface area (Å²) >= 11 is 0. The highest BCUT2D eigenvalue weighted by molar-refractivity contribution is 5.80. The molecule has 0 heterocycles. The molecular weight excluding hydrogens is 148 g/mol. The Bertz CT molecular complexity index is 155. The summed E-state index contributed by atoms with van der Waals surface area (Å²) in [7, 11) is 0. The summed E-state index contributed by atoms with van der Waals surface area (Å²) in [6, 6.07) is 0.353. The maximum absolute atomic E-state index is 5.80. The Morgan fingerprint density at radius 2 is 2.00 bits per heavy atom. The molecule has 2 nitrogen and oxygen atoms in total. The van der Waals surface area contributed by atoms with Gasteiger partial charge in [0.15, 0.2) is 0 Å². The van der Waals surface area contributed by atoms with Crippen molar-refractivity contribution in [2.75, 3.05) is 0 Å². The average Bonchev–Trinajstić information content (AvgIpc) is 2.37. The van der Waals surface area contributed by atoms with Crippen molar-refractivity contribution in [3.05, 3.63) is 0 Å². The molecule has 0 saturated heterocycles. The highest BCUT2D eigenvalue weighted by atomic mass is 14.9. The fraction of sp³-hybridized carbons (Fsp3) is 0.900. The molecule has 0 radical (unpaired) electrons. The predicted molar refractivity (Wildman–Crippen MR) is 53.3 cm³/mol. The maximum atomic E-state index is 5.80. The molecular formula is C10H20N2. The van der Waals surface area contributed by atoms with Crippen LogP contribution in [0.1, 0.15) is 46.0 Å². The highest BCUT2D eigenvalue weighted by Gasteiger charge is 2.15. The van der Waals surface area contributed by atoms with E-state index in [0.29, 0.717) is 6.04 Å². The van der Waals surface area contributed by atoms with Crippen LogP contribution in [0.5, 0.6) is 0 Å². The lowest BCUT2D eigenvalue weighted by Gasteiger charge is -2.08. The summed E-state index contributed by atoms with van der Waals surface area (Å²) in [5, 5.41) is 0. The number of nitrogens with two attached hydrogens (primary N) is 1. The highest BCUT2D eigenvalue weighted by Crippen LogP contribution is 2.27. The predicted octanol–water partition coefficient (Wildman–Crippen LogP) is 2.33. The third kappa shape index (κ3) is 3.24. The van der Waals surface area contributed by atoms with E-state index >= 15 is 0 Å². The van der Waals surface area contributed by atoms with Gasteiger partial charge in [0, 0.05) is 12.5 Å². The fourth-order valence-electron chi connectivity index (χ4n) is 1.89. The number of hydrogen-bond donors (Lipinski definition) is 1. The van der Waals surface area contributed by atoms with Gasteiger partial charge in [-0.25, -0.2) is 0 Å². The minimum atomic E-state index is 0.353. The lowest BCUT2D eigenvalue weighted by atomic mass is 10.0. The van der Waals surface area contributed by atoms with E-state index < -0.39 is 0 Å². The molecule has 1 aliphatic rings. The van der Waals surface area contributed by atoms with Crippen molar-refractivity contribution >= 4 is 5.84 Å². The van der Waals surface area contributed by atoms with Crippen LogP contribution in [0.15, 0.2) is 4.99 Å². The van der Waals surface area contributed by atoms with E-state index in [4.69, 9.17) is 5.73 Å². The fourth-order valence-corrected chi connectivity index (χ4v) is 1.89. The van der Waals surface area contributed by atoms with Gasteiger partial charge in [0.1, 0.15) is 0 Å². The molecule has 0 aromatic carbocycles. The van der Waals surface area contributed by atoms with Gasteiger partial charge >= 0.3 is 0 Å². The molecule has 0 aliphatic heterocycles. The van der Waals surface area contributed by atoms with Crippen LogP contribution in [-0.2, 0) is 0 Å². The third-order valence-electron chi connectivity index (χ3n) is 2.40. The van der Waals surface area contributed by atoms with Crippen LogP contribution in [-0.4, -0.2) is 11.9 Å². The molecule has 0 bridgehead atoms. The van der Waals surface area contributed by atoms with Crippen molar-refractivity contribution in [1.82, 2.24) is 0 Å². The van der Waals surface area contributed by atoms with Gasteiger partial charge in [0.05, 0.1) is 5.84 Å². The SMILES string of the molecule is CC(C)N=C(N)CC1CCCC1. The van der Waals surface area contributed by atoms with E-state index in [1.807, 2.05) is 0 Å². The van der Waals surface area contributed by atoms with Gasteiger partial charge in [-0.3, -0.25) is 4.99 Å². The van der Waals surface area contributed by atoms with E-state index in [0.717, 1.165) is 18.2 Å². The van der Waals surface area contributed by atoms with Gasteiger partial charge in [-0.1, -0.05) is 25.7 Å². The van der Waals surface area contributed by atoms with Gasteiger partial charge in [-0.2, -0.15) is 0 Å².